The summed E-state index contributed by atoms with van der Waals surface area (Å²) in [6, 6.07) is 12.7. The highest BCUT2D eigenvalue weighted by atomic mass is 19.1. The van der Waals surface area contributed by atoms with Gasteiger partial charge in [-0.15, -0.1) is 0 Å². The Morgan fingerprint density at radius 3 is 2.08 bits per heavy atom. The van der Waals surface area contributed by atoms with E-state index in [1.54, 1.807) is 31.2 Å². The molecule has 0 saturated carbocycles. The number of carbonyl (C=O) groups excluding carboxylic acids is 2. The van der Waals surface area contributed by atoms with Crippen molar-refractivity contribution in [2.75, 3.05) is 6.61 Å². The number of halogens is 1. The van der Waals surface area contributed by atoms with Crippen LogP contribution in [0.5, 0.6) is 0 Å². The molecule has 0 bridgehead atoms. The molecular weight excluding hydrogens is 321 g/mol. The number of carbonyl (C=O) groups is 2. The molecule has 0 aliphatic carbocycles. The number of ether oxygens (including phenoxy) is 1. The minimum absolute atomic E-state index is 0.308. The molecule has 2 aromatic rings. The van der Waals surface area contributed by atoms with E-state index in [4.69, 9.17) is 4.74 Å². The zero-order chi connectivity index (χ0) is 18.4. The van der Waals surface area contributed by atoms with Crippen LogP contribution < -0.4 is 5.32 Å². The summed E-state index contributed by atoms with van der Waals surface area (Å²) in [6.07, 6.45) is 0. The lowest BCUT2D eigenvalue weighted by molar-refractivity contribution is -0.124. The second-order valence-electron chi connectivity index (χ2n) is 6.19. The molecule has 0 saturated heterocycles. The summed E-state index contributed by atoms with van der Waals surface area (Å²) >= 11 is 0. The van der Waals surface area contributed by atoms with E-state index >= 15 is 0 Å². The standard InChI is InChI=1S/C20H22FNO3/c1-13(2)15-4-6-17(7-5-15)20(24)25-12-19(23)22-14(3)16-8-10-18(21)11-9-16/h4-11,13-14H,12H2,1-3H3,(H,22,23)/t14-/m1/s1. The van der Waals surface area contributed by atoms with Crippen LogP contribution in [0.1, 0.15) is 54.2 Å². The van der Waals surface area contributed by atoms with Crippen LogP contribution in [0.25, 0.3) is 0 Å². The second kappa shape index (κ2) is 8.42. The number of hydrogen-bond donors (Lipinski definition) is 1. The first-order valence-electron chi connectivity index (χ1n) is 8.18. The summed E-state index contributed by atoms with van der Waals surface area (Å²) in [5.74, 6) is -0.910. The molecule has 1 amide bonds. The average Bonchev–Trinajstić information content (AvgIpc) is 2.60. The van der Waals surface area contributed by atoms with Crippen LogP contribution >= 0.6 is 0 Å². The van der Waals surface area contributed by atoms with Crippen molar-refractivity contribution in [2.45, 2.75) is 32.7 Å². The van der Waals surface area contributed by atoms with Crippen LogP contribution in [0.4, 0.5) is 4.39 Å². The van der Waals surface area contributed by atoms with Crippen molar-refractivity contribution >= 4 is 11.9 Å². The zero-order valence-electron chi connectivity index (χ0n) is 14.6. The van der Waals surface area contributed by atoms with Gasteiger partial charge in [-0.2, -0.15) is 0 Å². The van der Waals surface area contributed by atoms with Gasteiger partial charge in [0.1, 0.15) is 5.82 Å². The fourth-order valence-electron chi connectivity index (χ4n) is 2.34. The monoisotopic (exact) mass is 343 g/mol. The molecule has 2 aromatic carbocycles. The minimum atomic E-state index is -0.542. The Kier molecular flexibility index (Phi) is 6.28. The van der Waals surface area contributed by atoms with Crippen molar-refractivity contribution in [1.29, 1.82) is 0 Å². The van der Waals surface area contributed by atoms with E-state index in [1.807, 2.05) is 12.1 Å². The summed E-state index contributed by atoms with van der Waals surface area (Å²) in [5, 5.41) is 2.71. The quantitative estimate of drug-likeness (QED) is 0.807. The van der Waals surface area contributed by atoms with E-state index in [9.17, 15) is 14.0 Å². The van der Waals surface area contributed by atoms with E-state index in [-0.39, 0.29) is 18.5 Å². The fraction of sp³-hybridized carbons (Fsp3) is 0.300. The third-order valence-electron chi connectivity index (χ3n) is 3.89. The fourth-order valence-corrected chi connectivity index (χ4v) is 2.34. The molecule has 0 fully saturated rings. The lowest BCUT2D eigenvalue weighted by atomic mass is 10.0. The van der Waals surface area contributed by atoms with Crippen molar-refractivity contribution in [3.05, 3.63) is 71.0 Å². The SMILES string of the molecule is CC(C)c1ccc(C(=O)OCC(=O)N[C@H](C)c2ccc(F)cc2)cc1. The van der Waals surface area contributed by atoms with Crippen molar-refractivity contribution in [3.8, 4) is 0 Å². The number of hydrogen-bond acceptors (Lipinski definition) is 3. The first-order chi connectivity index (χ1) is 11.9. The van der Waals surface area contributed by atoms with Gasteiger partial charge in [0, 0.05) is 0 Å². The van der Waals surface area contributed by atoms with Crippen molar-refractivity contribution < 1.29 is 18.7 Å². The predicted molar refractivity (Wildman–Crippen MR) is 93.8 cm³/mol. The summed E-state index contributed by atoms with van der Waals surface area (Å²) in [5.41, 5.74) is 2.30. The number of amides is 1. The molecule has 1 N–H and O–H groups in total. The predicted octanol–water partition coefficient (Wildman–Crippen LogP) is 3.98. The molecule has 0 spiro atoms. The summed E-state index contributed by atoms with van der Waals surface area (Å²) in [7, 11) is 0. The largest absolute Gasteiger partial charge is 0.452 e. The first kappa shape index (κ1) is 18.6. The van der Waals surface area contributed by atoms with Gasteiger partial charge in [0.25, 0.3) is 5.91 Å². The van der Waals surface area contributed by atoms with Crippen molar-refractivity contribution in [2.24, 2.45) is 0 Å². The number of esters is 1. The van der Waals surface area contributed by atoms with E-state index in [2.05, 4.69) is 19.2 Å². The van der Waals surface area contributed by atoms with Crippen LogP contribution in [0.15, 0.2) is 48.5 Å². The Morgan fingerprint density at radius 2 is 1.52 bits per heavy atom. The van der Waals surface area contributed by atoms with Crippen LogP contribution in [-0.2, 0) is 9.53 Å². The maximum Gasteiger partial charge on any atom is 0.338 e. The van der Waals surface area contributed by atoms with Crippen LogP contribution in [0, 0.1) is 5.82 Å². The Morgan fingerprint density at radius 1 is 0.960 bits per heavy atom. The molecule has 25 heavy (non-hydrogen) atoms. The highest BCUT2D eigenvalue weighted by Crippen LogP contribution is 2.15. The van der Waals surface area contributed by atoms with Gasteiger partial charge in [0.15, 0.2) is 6.61 Å². The summed E-state index contributed by atoms with van der Waals surface area (Å²) in [6.45, 7) is 5.55. The van der Waals surface area contributed by atoms with Crippen LogP contribution in [0.2, 0.25) is 0 Å². The van der Waals surface area contributed by atoms with Crippen LogP contribution in [-0.4, -0.2) is 18.5 Å². The Bertz CT molecular complexity index is 724. The molecule has 1 atom stereocenters. The third-order valence-corrected chi connectivity index (χ3v) is 3.89. The maximum absolute atomic E-state index is 12.9. The van der Waals surface area contributed by atoms with Gasteiger partial charge in [-0.05, 0) is 48.2 Å². The molecular formula is C20H22FNO3. The molecule has 0 radical (unpaired) electrons. The number of benzene rings is 2. The highest BCUT2D eigenvalue weighted by Gasteiger charge is 2.13. The highest BCUT2D eigenvalue weighted by molar-refractivity contribution is 5.91. The summed E-state index contributed by atoms with van der Waals surface area (Å²) in [4.78, 5) is 23.9. The maximum atomic E-state index is 12.9. The molecule has 4 nitrogen and oxygen atoms in total. The van der Waals surface area contributed by atoms with Gasteiger partial charge >= 0.3 is 5.97 Å². The van der Waals surface area contributed by atoms with E-state index in [1.165, 1.54) is 12.1 Å². The molecule has 0 aliphatic heterocycles. The van der Waals surface area contributed by atoms with Gasteiger partial charge in [-0.3, -0.25) is 4.79 Å². The Hall–Kier alpha value is -2.69. The van der Waals surface area contributed by atoms with Crippen molar-refractivity contribution in [3.63, 3.8) is 0 Å². The topological polar surface area (TPSA) is 55.4 Å². The molecule has 132 valence electrons. The Labute approximate surface area is 147 Å². The van der Waals surface area contributed by atoms with Crippen LogP contribution in [0.3, 0.4) is 0 Å². The van der Waals surface area contributed by atoms with E-state index in [0.717, 1.165) is 11.1 Å². The van der Waals surface area contributed by atoms with Gasteiger partial charge in [0.2, 0.25) is 0 Å². The normalized spacial score (nSPS) is 11.9. The zero-order valence-corrected chi connectivity index (χ0v) is 14.6. The second-order valence-corrected chi connectivity index (χ2v) is 6.19. The minimum Gasteiger partial charge on any atom is -0.452 e. The lowest BCUT2D eigenvalue weighted by Crippen LogP contribution is -2.31. The number of rotatable bonds is 6. The molecule has 5 heteroatoms. The Balaban J connectivity index is 1.84. The molecule has 0 heterocycles. The lowest BCUT2D eigenvalue weighted by Gasteiger charge is -2.14. The first-order valence-corrected chi connectivity index (χ1v) is 8.18. The molecule has 0 aliphatic rings. The van der Waals surface area contributed by atoms with E-state index < -0.39 is 11.9 Å². The molecule has 0 unspecified atom stereocenters. The average molecular weight is 343 g/mol. The summed E-state index contributed by atoms with van der Waals surface area (Å²) < 4.78 is 17.9. The third kappa shape index (κ3) is 5.41. The van der Waals surface area contributed by atoms with Gasteiger partial charge in [-0.1, -0.05) is 38.1 Å². The number of nitrogens with one attached hydrogen (secondary N) is 1. The molecule has 2 rings (SSSR count). The van der Waals surface area contributed by atoms with Gasteiger partial charge in [-0.25, -0.2) is 9.18 Å². The van der Waals surface area contributed by atoms with E-state index in [0.29, 0.717) is 11.5 Å². The van der Waals surface area contributed by atoms with Gasteiger partial charge < -0.3 is 10.1 Å². The van der Waals surface area contributed by atoms with Crippen molar-refractivity contribution in [1.82, 2.24) is 5.32 Å². The molecule has 0 aromatic heterocycles. The smallest absolute Gasteiger partial charge is 0.338 e. The van der Waals surface area contributed by atoms with Gasteiger partial charge in [0.05, 0.1) is 11.6 Å².